The first kappa shape index (κ1) is 14.5. The molecule has 2 aromatic rings. The highest BCUT2D eigenvalue weighted by molar-refractivity contribution is 6.37. The van der Waals surface area contributed by atoms with Gasteiger partial charge >= 0.3 is 0 Å². The number of nitrogens with one attached hydrogen (secondary N) is 1. The van der Waals surface area contributed by atoms with Gasteiger partial charge in [0, 0.05) is 5.02 Å². The molecule has 4 nitrogen and oxygen atoms in total. The van der Waals surface area contributed by atoms with Crippen LogP contribution >= 0.6 is 46.4 Å². The highest BCUT2D eigenvalue weighted by Gasteiger charge is 2.12. The van der Waals surface area contributed by atoms with Crippen molar-refractivity contribution in [1.29, 1.82) is 0 Å². The maximum atomic E-state index is 5.99. The lowest BCUT2D eigenvalue weighted by molar-refractivity contribution is 0.464. The molecule has 3 N–H and O–H groups in total. The molecule has 100 valence electrons. The summed E-state index contributed by atoms with van der Waals surface area (Å²) in [5, 5.41) is 1.34. The molecular weight excluding hydrogens is 332 g/mol. The average molecular weight is 339 g/mol. The second-order valence-corrected chi connectivity index (χ2v) is 5.08. The molecule has 1 aromatic carbocycles. The number of rotatable bonds is 3. The van der Waals surface area contributed by atoms with E-state index in [0.29, 0.717) is 15.8 Å². The van der Waals surface area contributed by atoms with Crippen molar-refractivity contribution in [3.05, 3.63) is 44.4 Å². The van der Waals surface area contributed by atoms with Crippen LogP contribution in [0.1, 0.15) is 0 Å². The summed E-state index contributed by atoms with van der Waals surface area (Å²) >= 11 is 23.6. The van der Waals surface area contributed by atoms with Crippen LogP contribution in [-0.2, 0) is 0 Å². The monoisotopic (exact) mass is 337 g/mol. The molecule has 0 fully saturated rings. The normalized spacial score (nSPS) is 10.4. The van der Waals surface area contributed by atoms with E-state index in [1.165, 1.54) is 6.07 Å². The van der Waals surface area contributed by atoms with Crippen molar-refractivity contribution in [1.82, 2.24) is 4.98 Å². The second kappa shape index (κ2) is 6.03. The van der Waals surface area contributed by atoms with Gasteiger partial charge in [0.15, 0.2) is 5.82 Å². The Morgan fingerprint density at radius 3 is 2.37 bits per heavy atom. The Morgan fingerprint density at radius 1 is 1.00 bits per heavy atom. The lowest BCUT2D eigenvalue weighted by Gasteiger charge is -2.10. The number of halogens is 4. The molecule has 0 saturated carbocycles. The highest BCUT2D eigenvalue weighted by atomic mass is 35.5. The summed E-state index contributed by atoms with van der Waals surface area (Å²) in [7, 11) is 0. The quantitative estimate of drug-likeness (QED) is 0.625. The Labute approximate surface area is 129 Å². The van der Waals surface area contributed by atoms with Crippen LogP contribution in [0.3, 0.4) is 0 Å². The van der Waals surface area contributed by atoms with Crippen LogP contribution in [0.4, 0.5) is 5.82 Å². The first-order chi connectivity index (χ1) is 9.01. The van der Waals surface area contributed by atoms with Crippen LogP contribution in [0.15, 0.2) is 24.3 Å². The van der Waals surface area contributed by atoms with Gasteiger partial charge in [-0.2, -0.15) is 4.98 Å². The third kappa shape index (κ3) is 3.35. The van der Waals surface area contributed by atoms with E-state index in [4.69, 9.17) is 57.0 Å². The highest BCUT2D eigenvalue weighted by Crippen LogP contribution is 2.36. The van der Waals surface area contributed by atoms with Gasteiger partial charge in [0.25, 0.3) is 0 Å². The van der Waals surface area contributed by atoms with Gasteiger partial charge in [0.1, 0.15) is 10.8 Å². The fraction of sp³-hybridized carbons (Fsp3) is 0. The van der Waals surface area contributed by atoms with E-state index in [2.05, 4.69) is 10.4 Å². The molecule has 0 bridgehead atoms. The molecule has 0 atom stereocenters. The minimum absolute atomic E-state index is 0.128. The van der Waals surface area contributed by atoms with E-state index in [9.17, 15) is 0 Å². The van der Waals surface area contributed by atoms with Crippen LogP contribution in [0.2, 0.25) is 20.1 Å². The van der Waals surface area contributed by atoms with E-state index in [0.717, 1.165) is 0 Å². The summed E-state index contributed by atoms with van der Waals surface area (Å²) in [4.78, 5) is 4.04. The summed E-state index contributed by atoms with van der Waals surface area (Å²) in [5.41, 5.74) is 2.34. The molecule has 19 heavy (non-hydrogen) atoms. The fourth-order valence-corrected chi connectivity index (χ4v) is 2.18. The van der Waals surface area contributed by atoms with Crippen molar-refractivity contribution < 1.29 is 4.74 Å². The topological polar surface area (TPSA) is 60.2 Å². The molecule has 0 aliphatic rings. The molecule has 0 saturated heterocycles. The molecule has 0 radical (unpaired) electrons. The van der Waals surface area contributed by atoms with Gasteiger partial charge in [0.05, 0.1) is 10.0 Å². The van der Waals surface area contributed by atoms with Gasteiger partial charge < -0.3 is 10.2 Å². The van der Waals surface area contributed by atoms with E-state index < -0.39 is 0 Å². The lowest BCUT2D eigenvalue weighted by Crippen LogP contribution is -2.09. The van der Waals surface area contributed by atoms with Crippen molar-refractivity contribution in [2.24, 2.45) is 5.84 Å². The largest absolute Gasteiger partial charge is 0.436 e. The van der Waals surface area contributed by atoms with Crippen LogP contribution in [-0.4, -0.2) is 4.98 Å². The SMILES string of the molecule is NNc1nc(Oc2ccc(Cl)cc2Cl)c(Cl)cc1Cl. The van der Waals surface area contributed by atoms with Crippen LogP contribution in [0, 0.1) is 0 Å². The number of aromatic nitrogens is 1. The van der Waals surface area contributed by atoms with Crippen molar-refractivity contribution >= 4 is 52.2 Å². The van der Waals surface area contributed by atoms with Gasteiger partial charge in [-0.3, -0.25) is 0 Å². The number of benzene rings is 1. The van der Waals surface area contributed by atoms with Crippen LogP contribution in [0.25, 0.3) is 0 Å². The fourth-order valence-electron chi connectivity index (χ4n) is 1.28. The van der Waals surface area contributed by atoms with E-state index in [1.54, 1.807) is 18.2 Å². The van der Waals surface area contributed by atoms with Crippen molar-refractivity contribution in [2.45, 2.75) is 0 Å². The summed E-state index contributed by atoms with van der Waals surface area (Å²) in [6, 6.07) is 6.25. The Bertz CT molecular complexity index is 621. The minimum Gasteiger partial charge on any atom is -0.436 e. The number of hydrogen-bond acceptors (Lipinski definition) is 4. The first-order valence-electron chi connectivity index (χ1n) is 4.97. The second-order valence-electron chi connectivity index (χ2n) is 3.43. The van der Waals surface area contributed by atoms with Crippen molar-refractivity contribution in [2.75, 3.05) is 5.43 Å². The molecule has 2 rings (SSSR count). The summed E-state index contributed by atoms with van der Waals surface area (Å²) in [6.45, 7) is 0. The predicted molar refractivity (Wildman–Crippen MR) is 78.6 cm³/mol. The molecule has 0 unspecified atom stereocenters. The third-order valence-corrected chi connectivity index (χ3v) is 3.22. The van der Waals surface area contributed by atoms with Crippen LogP contribution in [0.5, 0.6) is 11.6 Å². The summed E-state index contributed by atoms with van der Waals surface area (Å²) < 4.78 is 5.50. The zero-order chi connectivity index (χ0) is 14.0. The van der Waals surface area contributed by atoms with Gasteiger partial charge in [-0.15, -0.1) is 0 Å². The number of hydrazine groups is 1. The zero-order valence-corrected chi connectivity index (χ0v) is 12.3. The van der Waals surface area contributed by atoms with Crippen molar-refractivity contribution in [3.8, 4) is 11.6 Å². The molecule has 1 aromatic heterocycles. The zero-order valence-electron chi connectivity index (χ0n) is 9.25. The third-order valence-electron chi connectivity index (χ3n) is 2.13. The van der Waals surface area contributed by atoms with E-state index in [-0.39, 0.29) is 21.7 Å². The van der Waals surface area contributed by atoms with Gasteiger partial charge in [-0.25, -0.2) is 5.84 Å². The number of nitrogens with two attached hydrogens (primary N) is 1. The molecule has 1 heterocycles. The Hall–Kier alpha value is -0.910. The van der Waals surface area contributed by atoms with E-state index in [1.807, 2.05) is 0 Å². The van der Waals surface area contributed by atoms with E-state index >= 15 is 0 Å². The average Bonchev–Trinajstić information content (AvgIpc) is 2.35. The first-order valence-corrected chi connectivity index (χ1v) is 6.48. The standard InChI is InChI=1S/C11H7Cl4N3O/c12-5-1-2-9(6(13)3-5)19-11-8(15)4-7(14)10(17-11)18-16/h1-4H,16H2,(H,17,18). The predicted octanol–water partition coefficient (Wildman–Crippen LogP) is 4.77. The Morgan fingerprint density at radius 2 is 1.74 bits per heavy atom. The number of anilines is 1. The van der Waals surface area contributed by atoms with Gasteiger partial charge in [-0.05, 0) is 24.3 Å². The molecular formula is C11H7Cl4N3O. The number of hydrogen-bond donors (Lipinski definition) is 2. The number of nitrogen functional groups attached to an aromatic ring is 1. The molecule has 0 aliphatic heterocycles. The van der Waals surface area contributed by atoms with Crippen LogP contribution < -0.4 is 16.0 Å². The molecule has 8 heteroatoms. The maximum absolute atomic E-state index is 5.99. The molecule has 0 aliphatic carbocycles. The number of ether oxygens (including phenoxy) is 1. The number of nitrogens with zero attached hydrogens (tertiary/aromatic N) is 1. The Kier molecular flexibility index (Phi) is 4.60. The molecule has 0 spiro atoms. The van der Waals surface area contributed by atoms with Crippen molar-refractivity contribution in [3.63, 3.8) is 0 Å². The summed E-state index contributed by atoms with van der Waals surface area (Å²) in [5.74, 6) is 6.01. The maximum Gasteiger partial charge on any atom is 0.240 e. The number of pyridine rings is 1. The minimum atomic E-state index is 0.128. The lowest BCUT2D eigenvalue weighted by atomic mass is 10.3. The van der Waals surface area contributed by atoms with Gasteiger partial charge in [0.2, 0.25) is 5.88 Å². The molecule has 0 amide bonds. The summed E-state index contributed by atoms with van der Waals surface area (Å²) in [6.07, 6.45) is 0. The van der Waals surface area contributed by atoms with Gasteiger partial charge in [-0.1, -0.05) is 46.4 Å². The Balaban J connectivity index is 2.37. The smallest absolute Gasteiger partial charge is 0.240 e.